The average molecular weight is 248 g/mol. The molecule has 1 aromatic carbocycles. The number of rotatable bonds is 3. The number of nitrogens with two attached hydrogens (primary N) is 1. The Morgan fingerprint density at radius 3 is 2.67 bits per heavy atom. The summed E-state index contributed by atoms with van der Waals surface area (Å²) in [7, 11) is 0. The molecular formula is C13H16N2O3. The van der Waals surface area contributed by atoms with Crippen molar-refractivity contribution in [3.63, 3.8) is 0 Å². The molecule has 1 atom stereocenters. The molecule has 0 bridgehead atoms. The molecule has 1 unspecified atom stereocenters. The van der Waals surface area contributed by atoms with Gasteiger partial charge in [-0.2, -0.15) is 0 Å². The molecule has 1 fully saturated rings. The normalized spacial score (nSPS) is 19.6. The second-order valence-corrected chi connectivity index (χ2v) is 4.39. The molecule has 1 saturated heterocycles. The first-order chi connectivity index (χ1) is 8.61. The van der Waals surface area contributed by atoms with E-state index in [2.05, 4.69) is 0 Å². The van der Waals surface area contributed by atoms with Crippen LogP contribution in [0.5, 0.6) is 0 Å². The quantitative estimate of drug-likeness (QED) is 0.821. The number of nitrogens with zero attached hydrogens (tertiary/aromatic N) is 1. The van der Waals surface area contributed by atoms with Gasteiger partial charge in [-0.1, -0.05) is 0 Å². The van der Waals surface area contributed by atoms with Crippen LogP contribution in [-0.2, 0) is 4.74 Å². The zero-order valence-electron chi connectivity index (χ0n) is 10.3. The number of carbonyl (C=O) groups excluding carboxylic acids is 2. The summed E-state index contributed by atoms with van der Waals surface area (Å²) < 4.78 is 5.07. The van der Waals surface area contributed by atoms with Crippen molar-refractivity contribution in [3.8, 4) is 0 Å². The first-order valence-corrected chi connectivity index (χ1v) is 5.87. The van der Waals surface area contributed by atoms with Gasteiger partial charge in [0.05, 0.1) is 6.61 Å². The zero-order valence-corrected chi connectivity index (χ0v) is 10.3. The van der Waals surface area contributed by atoms with Crippen LogP contribution in [0.1, 0.15) is 17.3 Å². The molecule has 0 radical (unpaired) electrons. The summed E-state index contributed by atoms with van der Waals surface area (Å²) in [4.78, 5) is 24.4. The fraction of sp³-hybridized carbons (Fsp3) is 0.385. The molecule has 0 aliphatic carbocycles. The highest BCUT2D eigenvalue weighted by atomic mass is 16.6. The van der Waals surface area contributed by atoms with Crippen LogP contribution in [-0.4, -0.2) is 31.6 Å². The smallest absolute Gasteiger partial charge is 0.414 e. The van der Waals surface area contributed by atoms with Crippen molar-refractivity contribution >= 4 is 17.6 Å². The minimum atomic E-state index is -0.365. The SMILES string of the molecule is CC(=O)c1ccc(N2CC(CN)COC2=O)cc1. The number of carbonyl (C=O) groups is 2. The summed E-state index contributed by atoms with van der Waals surface area (Å²) in [5.74, 6) is 0.151. The number of Topliss-reactive ketones (excluding diaryl/α,β-unsaturated/α-hetero) is 1. The van der Waals surface area contributed by atoms with Crippen molar-refractivity contribution in [2.75, 3.05) is 24.6 Å². The molecule has 1 aromatic rings. The Hall–Kier alpha value is -1.88. The van der Waals surface area contributed by atoms with Crippen molar-refractivity contribution < 1.29 is 14.3 Å². The average Bonchev–Trinajstić information content (AvgIpc) is 2.39. The lowest BCUT2D eigenvalue weighted by atomic mass is 10.1. The van der Waals surface area contributed by atoms with Crippen LogP contribution in [0.25, 0.3) is 0 Å². The van der Waals surface area contributed by atoms with Crippen LogP contribution in [0.3, 0.4) is 0 Å². The maximum atomic E-state index is 11.7. The Morgan fingerprint density at radius 2 is 2.11 bits per heavy atom. The van der Waals surface area contributed by atoms with Gasteiger partial charge in [0, 0.05) is 30.3 Å². The van der Waals surface area contributed by atoms with Crippen LogP contribution >= 0.6 is 0 Å². The van der Waals surface area contributed by atoms with Gasteiger partial charge in [0.15, 0.2) is 5.78 Å². The van der Waals surface area contributed by atoms with Gasteiger partial charge < -0.3 is 10.5 Å². The summed E-state index contributed by atoms with van der Waals surface area (Å²) in [5, 5.41) is 0. The van der Waals surface area contributed by atoms with Gasteiger partial charge in [-0.25, -0.2) is 4.79 Å². The largest absolute Gasteiger partial charge is 0.449 e. The lowest BCUT2D eigenvalue weighted by Gasteiger charge is -2.31. The number of amides is 1. The number of cyclic esters (lactones) is 1. The highest BCUT2D eigenvalue weighted by Gasteiger charge is 2.27. The summed E-state index contributed by atoms with van der Waals surface area (Å²) in [5.41, 5.74) is 6.94. The van der Waals surface area contributed by atoms with Crippen LogP contribution in [0.4, 0.5) is 10.5 Å². The molecule has 0 aromatic heterocycles. The summed E-state index contributed by atoms with van der Waals surface area (Å²) in [6, 6.07) is 6.90. The van der Waals surface area contributed by atoms with Gasteiger partial charge in [0.1, 0.15) is 0 Å². The fourth-order valence-corrected chi connectivity index (χ4v) is 1.88. The third-order valence-corrected chi connectivity index (χ3v) is 3.02. The van der Waals surface area contributed by atoms with Crippen molar-refractivity contribution in [1.29, 1.82) is 0 Å². The Kier molecular flexibility index (Phi) is 3.62. The lowest BCUT2D eigenvalue weighted by molar-refractivity contribution is 0.101. The van der Waals surface area contributed by atoms with Crippen LogP contribution in [0.2, 0.25) is 0 Å². The van der Waals surface area contributed by atoms with E-state index in [-0.39, 0.29) is 17.8 Å². The highest BCUT2D eigenvalue weighted by molar-refractivity contribution is 5.95. The second kappa shape index (κ2) is 5.18. The molecule has 1 aliphatic rings. The number of ether oxygens (including phenoxy) is 1. The van der Waals surface area contributed by atoms with Crippen LogP contribution in [0.15, 0.2) is 24.3 Å². The first-order valence-electron chi connectivity index (χ1n) is 5.87. The molecule has 5 nitrogen and oxygen atoms in total. The number of hydrogen-bond acceptors (Lipinski definition) is 4. The topological polar surface area (TPSA) is 72.6 Å². The first kappa shape index (κ1) is 12.6. The van der Waals surface area contributed by atoms with Gasteiger partial charge >= 0.3 is 6.09 Å². The Bertz CT molecular complexity index is 456. The summed E-state index contributed by atoms with van der Waals surface area (Å²) in [6.07, 6.45) is -0.365. The van der Waals surface area contributed by atoms with E-state index in [4.69, 9.17) is 10.5 Å². The minimum Gasteiger partial charge on any atom is -0.449 e. The van der Waals surface area contributed by atoms with E-state index < -0.39 is 0 Å². The molecule has 1 heterocycles. The van der Waals surface area contributed by atoms with E-state index in [1.807, 2.05) is 0 Å². The second-order valence-electron chi connectivity index (χ2n) is 4.39. The molecule has 2 N–H and O–H groups in total. The maximum Gasteiger partial charge on any atom is 0.414 e. The molecule has 18 heavy (non-hydrogen) atoms. The van der Waals surface area contributed by atoms with Crippen molar-refractivity contribution in [2.45, 2.75) is 6.92 Å². The summed E-state index contributed by atoms with van der Waals surface area (Å²) in [6.45, 7) is 2.91. The number of benzene rings is 1. The molecular weight excluding hydrogens is 232 g/mol. The van der Waals surface area contributed by atoms with Crippen molar-refractivity contribution in [2.24, 2.45) is 11.7 Å². The van der Waals surface area contributed by atoms with E-state index in [1.54, 1.807) is 29.2 Å². The fourth-order valence-electron chi connectivity index (χ4n) is 1.88. The van der Waals surface area contributed by atoms with Crippen molar-refractivity contribution in [1.82, 2.24) is 0 Å². The maximum absolute atomic E-state index is 11.7. The van der Waals surface area contributed by atoms with Gasteiger partial charge in [-0.05, 0) is 31.2 Å². The molecule has 2 rings (SSSR count). The zero-order chi connectivity index (χ0) is 13.1. The molecule has 96 valence electrons. The summed E-state index contributed by atoms with van der Waals surface area (Å²) >= 11 is 0. The molecule has 1 amide bonds. The number of ketones is 1. The van der Waals surface area contributed by atoms with Crippen LogP contribution < -0.4 is 10.6 Å². The van der Waals surface area contributed by atoms with Gasteiger partial charge in [0.25, 0.3) is 0 Å². The van der Waals surface area contributed by atoms with Gasteiger partial charge in [0.2, 0.25) is 0 Å². The third-order valence-electron chi connectivity index (χ3n) is 3.02. The van der Waals surface area contributed by atoms with Crippen molar-refractivity contribution in [3.05, 3.63) is 29.8 Å². The molecule has 1 aliphatic heterocycles. The Labute approximate surface area is 106 Å². The lowest BCUT2D eigenvalue weighted by Crippen LogP contribution is -2.45. The predicted octanol–water partition coefficient (Wildman–Crippen LogP) is 1.42. The molecule has 0 spiro atoms. The standard InChI is InChI=1S/C13H16N2O3/c1-9(16)11-2-4-12(5-3-11)15-7-10(6-14)8-18-13(15)17/h2-5,10H,6-8,14H2,1H3. The van der Waals surface area contributed by atoms with E-state index in [0.29, 0.717) is 25.3 Å². The van der Waals surface area contributed by atoms with Gasteiger partial charge in [-0.15, -0.1) is 0 Å². The van der Waals surface area contributed by atoms with E-state index in [1.165, 1.54) is 6.92 Å². The van der Waals surface area contributed by atoms with E-state index in [9.17, 15) is 9.59 Å². The van der Waals surface area contributed by atoms with Gasteiger partial charge in [-0.3, -0.25) is 9.69 Å². The van der Waals surface area contributed by atoms with E-state index in [0.717, 1.165) is 5.69 Å². The third kappa shape index (κ3) is 2.51. The Balaban J connectivity index is 2.18. The predicted molar refractivity (Wildman–Crippen MR) is 67.7 cm³/mol. The number of anilines is 1. The molecule has 5 heteroatoms. The highest BCUT2D eigenvalue weighted by Crippen LogP contribution is 2.21. The van der Waals surface area contributed by atoms with E-state index >= 15 is 0 Å². The monoisotopic (exact) mass is 248 g/mol. The molecule has 0 saturated carbocycles. The minimum absolute atomic E-state index is 0.00241. The number of hydrogen-bond donors (Lipinski definition) is 1. The van der Waals surface area contributed by atoms with Crippen LogP contribution in [0, 0.1) is 5.92 Å². The Morgan fingerprint density at radius 1 is 1.44 bits per heavy atom.